The van der Waals surface area contributed by atoms with Crippen LogP contribution >= 0.6 is 0 Å². The molecule has 1 aromatic carbocycles. The second kappa shape index (κ2) is 8.20. The Morgan fingerprint density at radius 3 is 2.76 bits per heavy atom. The predicted octanol–water partition coefficient (Wildman–Crippen LogP) is 2.21. The number of benzene rings is 1. The molecule has 0 N–H and O–H groups in total. The number of rotatable bonds is 6. The molecule has 1 amide bonds. The number of methoxy groups -OCH3 is 1. The molecular formula is C21H29N5O3. The van der Waals surface area contributed by atoms with Gasteiger partial charge in [-0.25, -0.2) is 4.68 Å². The number of carbonyl (C=O) groups is 1. The molecule has 1 unspecified atom stereocenters. The second-order valence-electron chi connectivity index (χ2n) is 8.22. The number of aryl methyl sites for hydroxylation is 2. The first kappa shape index (κ1) is 20.0. The number of nitrogens with zero attached hydrogens (tertiary/aromatic N) is 5. The van der Waals surface area contributed by atoms with Crippen LogP contribution in [-0.2, 0) is 27.4 Å². The minimum absolute atomic E-state index is 0.144. The zero-order valence-corrected chi connectivity index (χ0v) is 17.4. The van der Waals surface area contributed by atoms with Crippen LogP contribution in [0.4, 0.5) is 0 Å². The fraction of sp³-hybridized carbons (Fsp3) is 0.619. The molecule has 156 valence electrons. The van der Waals surface area contributed by atoms with Gasteiger partial charge in [-0.05, 0) is 60.2 Å². The highest BCUT2D eigenvalue weighted by Gasteiger charge is 2.53. The number of carbonyl (C=O) groups excluding carboxylic acids is 1. The number of hydrogen-bond donors (Lipinski definition) is 0. The van der Waals surface area contributed by atoms with Gasteiger partial charge in [0.1, 0.15) is 0 Å². The van der Waals surface area contributed by atoms with Crippen LogP contribution in [0, 0.1) is 19.3 Å². The first-order chi connectivity index (χ1) is 14.0. The third-order valence-corrected chi connectivity index (χ3v) is 6.41. The van der Waals surface area contributed by atoms with Crippen molar-refractivity contribution in [3.63, 3.8) is 0 Å². The Morgan fingerprint density at radius 1 is 1.24 bits per heavy atom. The molecule has 0 saturated carbocycles. The van der Waals surface area contributed by atoms with E-state index in [9.17, 15) is 4.79 Å². The third-order valence-electron chi connectivity index (χ3n) is 6.41. The van der Waals surface area contributed by atoms with Gasteiger partial charge < -0.3 is 14.4 Å². The van der Waals surface area contributed by atoms with E-state index >= 15 is 0 Å². The van der Waals surface area contributed by atoms with Crippen LogP contribution < -0.4 is 0 Å². The van der Waals surface area contributed by atoms with Crippen LogP contribution in [0.2, 0.25) is 0 Å². The number of amides is 1. The van der Waals surface area contributed by atoms with Gasteiger partial charge in [0, 0.05) is 26.9 Å². The molecule has 1 atom stereocenters. The fourth-order valence-corrected chi connectivity index (χ4v) is 4.49. The Kier molecular flexibility index (Phi) is 5.65. The van der Waals surface area contributed by atoms with Crippen molar-refractivity contribution in [3.8, 4) is 0 Å². The highest BCUT2D eigenvalue weighted by atomic mass is 16.5. The van der Waals surface area contributed by atoms with E-state index < -0.39 is 0 Å². The van der Waals surface area contributed by atoms with Gasteiger partial charge >= 0.3 is 0 Å². The Balaban J connectivity index is 1.67. The van der Waals surface area contributed by atoms with Crippen LogP contribution in [0.5, 0.6) is 0 Å². The molecule has 1 aromatic heterocycles. The minimum Gasteiger partial charge on any atom is -0.383 e. The summed E-state index contributed by atoms with van der Waals surface area (Å²) in [6.45, 7) is 7.11. The van der Waals surface area contributed by atoms with E-state index in [1.165, 1.54) is 11.1 Å². The molecular weight excluding hydrogens is 370 g/mol. The number of tetrazole rings is 1. The third kappa shape index (κ3) is 3.79. The normalized spacial score (nSPS) is 21.3. The molecule has 3 heterocycles. The van der Waals surface area contributed by atoms with Gasteiger partial charge in [0.05, 0.1) is 24.6 Å². The number of aromatic nitrogens is 4. The summed E-state index contributed by atoms with van der Waals surface area (Å²) in [6, 6.07) is 6.25. The highest BCUT2D eigenvalue weighted by Crippen LogP contribution is 2.49. The van der Waals surface area contributed by atoms with Crippen LogP contribution in [-0.4, -0.2) is 57.9 Å². The molecule has 0 radical (unpaired) electrons. The molecule has 1 spiro atoms. The molecule has 8 heteroatoms. The largest absolute Gasteiger partial charge is 0.383 e. The molecule has 0 aliphatic carbocycles. The standard InChI is InChI=1S/C21H29N5O3/c1-15-4-5-17(12-16(15)2)14-25-18(19-22-23-24-26(19)8-11-28-3)13-21(20(25)27)6-9-29-10-7-21/h4-5,12,18H,6-11,13-14H2,1-3H3. The first-order valence-corrected chi connectivity index (χ1v) is 10.2. The Bertz CT molecular complexity index is 875. The second-order valence-corrected chi connectivity index (χ2v) is 8.22. The Hall–Kier alpha value is -2.32. The minimum atomic E-state index is -0.374. The van der Waals surface area contributed by atoms with E-state index in [-0.39, 0.29) is 17.4 Å². The Labute approximate surface area is 171 Å². The van der Waals surface area contributed by atoms with Crippen molar-refractivity contribution < 1.29 is 14.3 Å². The molecule has 2 aliphatic heterocycles. The molecule has 2 fully saturated rings. The van der Waals surface area contributed by atoms with Gasteiger partial charge in [0.15, 0.2) is 5.82 Å². The highest BCUT2D eigenvalue weighted by molar-refractivity contribution is 5.85. The van der Waals surface area contributed by atoms with Crippen LogP contribution in [0.3, 0.4) is 0 Å². The maximum Gasteiger partial charge on any atom is 0.229 e. The summed E-state index contributed by atoms with van der Waals surface area (Å²) in [5.74, 6) is 0.938. The molecule has 29 heavy (non-hydrogen) atoms. The molecule has 8 nitrogen and oxygen atoms in total. The lowest BCUT2D eigenvalue weighted by atomic mass is 9.77. The lowest BCUT2D eigenvalue weighted by Crippen LogP contribution is -2.38. The van der Waals surface area contributed by atoms with Crippen LogP contribution in [0.25, 0.3) is 0 Å². The smallest absolute Gasteiger partial charge is 0.229 e. The van der Waals surface area contributed by atoms with Crippen molar-refractivity contribution >= 4 is 5.91 Å². The SMILES string of the molecule is COCCn1nnnc1C1CC2(CCOCC2)C(=O)N1Cc1ccc(C)c(C)c1. The van der Waals surface area contributed by atoms with Crippen molar-refractivity contribution in [1.82, 2.24) is 25.1 Å². The van der Waals surface area contributed by atoms with Gasteiger partial charge in [-0.2, -0.15) is 0 Å². The Morgan fingerprint density at radius 2 is 2.03 bits per heavy atom. The van der Waals surface area contributed by atoms with E-state index in [1.807, 2.05) is 4.90 Å². The molecule has 2 aromatic rings. The van der Waals surface area contributed by atoms with E-state index in [2.05, 4.69) is 47.6 Å². The summed E-state index contributed by atoms with van der Waals surface area (Å²) in [6.07, 6.45) is 2.24. The zero-order valence-electron chi connectivity index (χ0n) is 17.4. The van der Waals surface area contributed by atoms with Gasteiger partial charge in [0.2, 0.25) is 5.91 Å². The van der Waals surface area contributed by atoms with E-state index in [1.54, 1.807) is 11.8 Å². The van der Waals surface area contributed by atoms with Crippen molar-refractivity contribution in [2.24, 2.45) is 5.41 Å². The monoisotopic (exact) mass is 399 g/mol. The van der Waals surface area contributed by atoms with Gasteiger partial charge in [-0.1, -0.05) is 18.2 Å². The summed E-state index contributed by atoms with van der Waals surface area (Å²) in [7, 11) is 1.66. The number of ether oxygens (including phenoxy) is 2. The maximum atomic E-state index is 13.6. The number of likely N-dealkylation sites (tertiary alicyclic amines) is 1. The van der Waals surface area contributed by atoms with E-state index in [4.69, 9.17) is 9.47 Å². The van der Waals surface area contributed by atoms with Crippen molar-refractivity contribution in [2.75, 3.05) is 26.9 Å². The summed E-state index contributed by atoms with van der Waals surface area (Å²) in [5.41, 5.74) is 3.24. The van der Waals surface area contributed by atoms with E-state index in [0.717, 1.165) is 30.7 Å². The molecule has 2 aliphatic rings. The topological polar surface area (TPSA) is 82.4 Å². The summed E-state index contributed by atoms with van der Waals surface area (Å²) in [4.78, 5) is 15.6. The lowest BCUT2D eigenvalue weighted by Gasteiger charge is -2.31. The van der Waals surface area contributed by atoms with Gasteiger partial charge in [-0.3, -0.25) is 4.79 Å². The summed E-state index contributed by atoms with van der Waals surface area (Å²) in [5, 5.41) is 12.3. The average molecular weight is 399 g/mol. The quantitative estimate of drug-likeness (QED) is 0.741. The van der Waals surface area contributed by atoms with Gasteiger partial charge in [-0.15, -0.1) is 5.10 Å². The molecule has 0 bridgehead atoms. The average Bonchev–Trinajstić information content (AvgIpc) is 3.28. The fourth-order valence-electron chi connectivity index (χ4n) is 4.49. The first-order valence-electron chi connectivity index (χ1n) is 10.2. The van der Waals surface area contributed by atoms with Crippen molar-refractivity contribution in [2.45, 2.75) is 52.2 Å². The maximum absolute atomic E-state index is 13.6. The summed E-state index contributed by atoms with van der Waals surface area (Å²) < 4.78 is 12.5. The van der Waals surface area contributed by atoms with Gasteiger partial charge in [0.25, 0.3) is 0 Å². The lowest BCUT2D eigenvalue weighted by molar-refractivity contribution is -0.141. The molecule has 4 rings (SSSR count). The zero-order chi connectivity index (χ0) is 20.4. The summed E-state index contributed by atoms with van der Waals surface area (Å²) >= 11 is 0. The predicted molar refractivity (Wildman–Crippen MR) is 106 cm³/mol. The van der Waals surface area contributed by atoms with Crippen molar-refractivity contribution in [1.29, 1.82) is 0 Å². The van der Waals surface area contributed by atoms with Crippen LogP contribution in [0.15, 0.2) is 18.2 Å². The molecule has 2 saturated heterocycles. The van der Waals surface area contributed by atoms with E-state index in [0.29, 0.717) is 32.9 Å². The van der Waals surface area contributed by atoms with Crippen LogP contribution in [0.1, 0.15) is 47.8 Å². The number of hydrogen-bond acceptors (Lipinski definition) is 6. The van der Waals surface area contributed by atoms with Crippen molar-refractivity contribution in [3.05, 3.63) is 40.7 Å².